The molecule has 0 aliphatic carbocycles. The van der Waals surface area contributed by atoms with Gasteiger partial charge in [0.2, 0.25) is 6.10 Å². The van der Waals surface area contributed by atoms with Crippen molar-refractivity contribution < 1.29 is 49.2 Å². The average molecular weight is 390 g/mol. The van der Waals surface area contributed by atoms with Gasteiger partial charge in [-0.05, 0) is 17.7 Å². The Labute approximate surface area is 138 Å². The zero-order chi connectivity index (χ0) is 19.5. The van der Waals surface area contributed by atoms with E-state index in [4.69, 9.17) is 4.55 Å². The van der Waals surface area contributed by atoms with Crippen LogP contribution in [0.4, 0.5) is 22.0 Å². The van der Waals surface area contributed by atoms with Crippen molar-refractivity contribution >= 4 is 22.2 Å². The van der Waals surface area contributed by atoms with E-state index in [0.29, 0.717) is 5.56 Å². The molecule has 0 spiro atoms. The van der Waals surface area contributed by atoms with E-state index in [2.05, 4.69) is 16.1 Å². The monoisotopic (exact) mass is 390 g/mol. The first kappa shape index (κ1) is 21.0. The molecule has 0 heterocycles. The van der Waals surface area contributed by atoms with Crippen LogP contribution in [0.25, 0.3) is 6.08 Å². The maximum atomic E-state index is 13.2. The van der Waals surface area contributed by atoms with E-state index in [0.717, 1.165) is 0 Å². The maximum absolute atomic E-state index is 13.2. The number of carbonyl (C=O) groups is 1. The van der Waals surface area contributed by atoms with E-state index in [1.165, 1.54) is 30.3 Å². The fourth-order valence-corrected chi connectivity index (χ4v) is 1.97. The third kappa shape index (κ3) is 5.47. The summed E-state index contributed by atoms with van der Waals surface area (Å²) in [6, 6.07) is 5.40. The first-order chi connectivity index (χ1) is 11.3. The summed E-state index contributed by atoms with van der Waals surface area (Å²) in [5.74, 6) is -1.61. The second-order valence-electron chi connectivity index (χ2n) is 4.52. The van der Waals surface area contributed by atoms with Crippen LogP contribution in [0.15, 0.2) is 30.8 Å². The van der Waals surface area contributed by atoms with Crippen LogP contribution in [0, 0.1) is 0 Å². The molecule has 0 saturated carbocycles. The van der Waals surface area contributed by atoms with Gasteiger partial charge >= 0.3 is 27.5 Å². The Kier molecular flexibility index (Phi) is 6.26. The third-order valence-corrected chi connectivity index (χ3v) is 3.56. The first-order valence-corrected chi connectivity index (χ1v) is 7.69. The molecular formula is C13H11F5O6S. The molecule has 140 valence electrons. The molecule has 1 rings (SSSR count). The summed E-state index contributed by atoms with van der Waals surface area (Å²) in [5.41, 5.74) is 0.640. The number of carbonyl (C=O) groups excluding carboxylic acids is 1. The molecule has 1 aromatic carbocycles. The van der Waals surface area contributed by atoms with Gasteiger partial charge in [-0.15, -0.1) is 0 Å². The summed E-state index contributed by atoms with van der Waals surface area (Å²) >= 11 is 0. The van der Waals surface area contributed by atoms with Crippen molar-refractivity contribution in [3.05, 3.63) is 36.4 Å². The van der Waals surface area contributed by atoms with Gasteiger partial charge < -0.3 is 9.47 Å². The Balaban J connectivity index is 2.82. The van der Waals surface area contributed by atoms with Crippen LogP contribution < -0.4 is 4.74 Å². The van der Waals surface area contributed by atoms with E-state index in [-0.39, 0.29) is 5.75 Å². The summed E-state index contributed by atoms with van der Waals surface area (Å²) in [6.07, 6.45) is -8.68. The Morgan fingerprint density at radius 1 is 1.20 bits per heavy atom. The van der Waals surface area contributed by atoms with Gasteiger partial charge in [0.15, 0.2) is 0 Å². The third-order valence-electron chi connectivity index (χ3n) is 2.66. The van der Waals surface area contributed by atoms with Crippen molar-refractivity contribution in [3.8, 4) is 5.75 Å². The molecule has 1 atom stereocenters. The summed E-state index contributed by atoms with van der Waals surface area (Å²) in [6.45, 7) is 1.82. The van der Waals surface area contributed by atoms with Crippen molar-refractivity contribution in [1.29, 1.82) is 0 Å². The molecule has 0 amide bonds. The summed E-state index contributed by atoms with van der Waals surface area (Å²) in [5, 5.41) is -5.71. The number of alkyl halides is 5. The molecule has 6 nitrogen and oxygen atoms in total. The molecule has 0 aromatic heterocycles. The van der Waals surface area contributed by atoms with Crippen LogP contribution in [0.5, 0.6) is 5.75 Å². The smallest absolute Gasteiger partial charge is 0.421 e. The van der Waals surface area contributed by atoms with Gasteiger partial charge in [-0.2, -0.15) is 30.4 Å². The topological polar surface area (TPSA) is 89.9 Å². The predicted molar refractivity (Wildman–Crippen MR) is 74.5 cm³/mol. The fourth-order valence-electron chi connectivity index (χ4n) is 1.50. The lowest BCUT2D eigenvalue weighted by atomic mass is 10.2. The quantitative estimate of drug-likeness (QED) is 0.333. The van der Waals surface area contributed by atoms with Gasteiger partial charge in [-0.3, -0.25) is 4.55 Å². The van der Waals surface area contributed by atoms with Crippen LogP contribution in [-0.4, -0.2) is 43.1 Å². The summed E-state index contributed by atoms with van der Waals surface area (Å²) in [7, 11) is -6.44. The Morgan fingerprint density at radius 3 is 2.12 bits per heavy atom. The van der Waals surface area contributed by atoms with Crippen molar-refractivity contribution in [2.24, 2.45) is 0 Å². The lowest BCUT2D eigenvalue weighted by molar-refractivity contribution is -0.263. The minimum Gasteiger partial charge on any atom is -0.425 e. The zero-order valence-electron chi connectivity index (χ0n) is 12.2. The van der Waals surface area contributed by atoms with Gasteiger partial charge in [0.25, 0.3) is 0 Å². The number of hydrogen-bond acceptors (Lipinski definition) is 5. The number of halogens is 5. The second-order valence-corrected chi connectivity index (χ2v) is 6.01. The van der Waals surface area contributed by atoms with Crippen molar-refractivity contribution in [1.82, 2.24) is 0 Å². The normalized spacial score (nSPS) is 14.0. The molecule has 0 aliphatic rings. The van der Waals surface area contributed by atoms with Gasteiger partial charge in [0.1, 0.15) is 12.4 Å². The largest absolute Gasteiger partial charge is 0.425 e. The molecule has 0 aliphatic heterocycles. The number of ether oxygens (including phenoxy) is 2. The highest BCUT2D eigenvalue weighted by Gasteiger charge is 2.64. The number of benzene rings is 1. The number of hydrogen-bond donors (Lipinski definition) is 1. The van der Waals surface area contributed by atoms with Gasteiger partial charge in [-0.1, -0.05) is 24.8 Å². The lowest BCUT2D eigenvalue weighted by Crippen LogP contribution is -2.52. The highest BCUT2D eigenvalue weighted by Crippen LogP contribution is 2.37. The molecule has 0 radical (unpaired) electrons. The molecule has 1 unspecified atom stereocenters. The Morgan fingerprint density at radius 2 is 1.72 bits per heavy atom. The lowest BCUT2D eigenvalue weighted by Gasteiger charge is -2.25. The molecule has 1 N–H and O–H groups in total. The molecule has 0 fully saturated rings. The highest BCUT2D eigenvalue weighted by molar-refractivity contribution is 7.86. The van der Waals surface area contributed by atoms with Crippen molar-refractivity contribution in [3.63, 3.8) is 0 Å². The van der Waals surface area contributed by atoms with E-state index in [1.807, 2.05) is 0 Å². The highest BCUT2D eigenvalue weighted by atomic mass is 32.2. The van der Waals surface area contributed by atoms with E-state index >= 15 is 0 Å². The van der Waals surface area contributed by atoms with Gasteiger partial charge in [-0.25, -0.2) is 4.79 Å². The molecule has 12 heteroatoms. The standard InChI is InChI=1S/C13H11F5O6S/c1-2-8-3-5-9(6-4-8)24-10(19)7-23-11(12(14,15)16)13(17,18)25(20,21)22/h2-6,11H,1,7H2,(H,20,21,22). The Bertz CT molecular complexity index is 726. The first-order valence-electron chi connectivity index (χ1n) is 6.25. The zero-order valence-corrected chi connectivity index (χ0v) is 13.0. The SMILES string of the molecule is C=Cc1ccc(OC(=O)COC(C(F)(F)F)C(F)(F)S(=O)(=O)O)cc1. The summed E-state index contributed by atoms with van der Waals surface area (Å²) < 4.78 is 101. The van der Waals surface area contributed by atoms with Crippen molar-refractivity contribution in [2.75, 3.05) is 6.61 Å². The molecular weight excluding hydrogens is 379 g/mol. The van der Waals surface area contributed by atoms with Gasteiger partial charge in [0.05, 0.1) is 0 Å². The number of rotatable bonds is 7. The maximum Gasteiger partial charge on any atom is 0.421 e. The van der Waals surface area contributed by atoms with Crippen LogP contribution in [0.1, 0.15) is 5.56 Å². The fraction of sp³-hybridized carbons (Fsp3) is 0.308. The molecule has 25 heavy (non-hydrogen) atoms. The minimum absolute atomic E-state index is 0.121. The predicted octanol–water partition coefficient (Wildman–Crippen LogP) is 2.66. The second kappa shape index (κ2) is 7.45. The van der Waals surface area contributed by atoms with Crippen LogP contribution in [0.3, 0.4) is 0 Å². The minimum atomic E-state index is -6.44. The molecule has 0 saturated heterocycles. The van der Waals surface area contributed by atoms with E-state index < -0.39 is 40.2 Å². The Hall–Kier alpha value is -2.05. The van der Waals surface area contributed by atoms with E-state index in [1.54, 1.807) is 0 Å². The van der Waals surface area contributed by atoms with Crippen LogP contribution >= 0.6 is 0 Å². The van der Waals surface area contributed by atoms with Crippen LogP contribution in [0.2, 0.25) is 0 Å². The molecule has 1 aromatic rings. The number of esters is 1. The average Bonchev–Trinajstić information content (AvgIpc) is 2.45. The van der Waals surface area contributed by atoms with E-state index in [9.17, 15) is 35.2 Å². The molecule has 0 bridgehead atoms. The summed E-state index contributed by atoms with van der Waals surface area (Å²) in [4.78, 5) is 11.4. The van der Waals surface area contributed by atoms with Gasteiger partial charge in [0, 0.05) is 0 Å². The van der Waals surface area contributed by atoms with Crippen molar-refractivity contribution in [2.45, 2.75) is 17.5 Å². The van der Waals surface area contributed by atoms with Crippen LogP contribution in [-0.2, 0) is 19.6 Å².